The van der Waals surface area contributed by atoms with Crippen molar-refractivity contribution in [2.24, 2.45) is 11.7 Å². The van der Waals surface area contributed by atoms with Gasteiger partial charge in [0.25, 0.3) is 0 Å². The monoisotopic (exact) mass is 143 g/mol. The second-order valence-electron chi connectivity index (χ2n) is 3.05. The summed E-state index contributed by atoms with van der Waals surface area (Å²) in [6.07, 6.45) is 5.56. The summed E-state index contributed by atoms with van der Waals surface area (Å²) < 4.78 is 5.31. The van der Waals surface area contributed by atoms with E-state index in [1.165, 1.54) is 25.7 Å². The highest BCUT2D eigenvalue weighted by Crippen LogP contribution is 2.25. The Morgan fingerprint density at radius 3 is 2.60 bits per heavy atom. The topological polar surface area (TPSA) is 35.2 Å². The molecule has 1 aliphatic rings. The maximum atomic E-state index is 5.59. The number of methoxy groups -OCH3 is 1. The summed E-state index contributed by atoms with van der Waals surface area (Å²) in [7, 11) is 1.79. The fraction of sp³-hybridized carbons (Fsp3) is 1.00. The molecular formula is C8H17NO. The maximum absolute atomic E-state index is 5.59. The SMILES string of the molecule is CO[C@@H]1CCCC[C@@H]1CN. The molecular weight excluding hydrogens is 126 g/mol. The van der Waals surface area contributed by atoms with Crippen LogP contribution in [-0.2, 0) is 4.74 Å². The molecule has 0 aromatic carbocycles. The Bertz CT molecular complexity index is 83.3. The van der Waals surface area contributed by atoms with Crippen LogP contribution in [0.1, 0.15) is 25.7 Å². The van der Waals surface area contributed by atoms with Crippen molar-refractivity contribution in [2.75, 3.05) is 13.7 Å². The largest absolute Gasteiger partial charge is 0.381 e. The van der Waals surface area contributed by atoms with Gasteiger partial charge in [0.1, 0.15) is 0 Å². The van der Waals surface area contributed by atoms with E-state index in [0.717, 1.165) is 6.54 Å². The minimum Gasteiger partial charge on any atom is -0.381 e. The molecule has 0 heterocycles. The van der Waals surface area contributed by atoms with E-state index in [9.17, 15) is 0 Å². The van der Waals surface area contributed by atoms with Crippen molar-refractivity contribution in [2.45, 2.75) is 31.8 Å². The third kappa shape index (κ3) is 1.70. The standard InChI is InChI=1S/C8H17NO/c1-10-8-5-3-2-4-7(8)6-9/h7-8H,2-6,9H2,1H3/t7-,8-/m1/s1. The van der Waals surface area contributed by atoms with Crippen LogP contribution in [0.5, 0.6) is 0 Å². The lowest BCUT2D eigenvalue weighted by molar-refractivity contribution is 0.0272. The molecule has 0 amide bonds. The summed E-state index contributed by atoms with van der Waals surface area (Å²) in [5.74, 6) is 0.624. The third-order valence-corrected chi connectivity index (χ3v) is 2.44. The van der Waals surface area contributed by atoms with E-state index in [0.29, 0.717) is 12.0 Å². The summed E-state index contributed by atoms with van der Waals surface area (Å²) in [6, 6.07) is 0. The predicted octanol–water partition coefficient (Wildman–Crippen LogP) is 1.15. The lowest BCUT2D eigenvalue weighted by Gasteiger charge is -2.29. The highest BCUT2D eigenvalue weighted by atomic mass is 16.5. The Morgan fingerprint density at radius 1 is 1.40 bits per heavy atom. The number of rotatable bonds is 2. The van der Waals surface area contributed by atoms with Crippen molar-refractivity contribution in [3.05, 3.63) is 0 Å². The minimum absolute atomic E-state index is 0.443. The van der Waals surface area contributed by atoms with Crippen molar-refractivity contribution >= 4 is 0 Å². The van der Waals surface area contributed by atoms with Gasteiger partial charge < -0.3 is 10.5 Å². The Hall–Kier alpha value is -0.0800. The second kappa shape index (κ2) is 3.94. The smallest absolute Gasteiger partial charge is 0.0611 e. The summed E-state index contributed by atoms with van der Waals surface area (Å²) in [5, 5.41) is 0. The van der Waals surface area contributed by atoms with Crippen LogP contribution < -0.4 is 5.73 Å². The molecule has 2 atom stereocenters. The van der Waals surface area contributed by atoms with E-state index in [-0.39, 0.29) is 0 Å². The number of nitrogens with two attached hydrogens (primary N) is 1. The van der Waals surface area contributed by atoms with Gasteiger partial charge in [-0.1, -0.05) is 12.8 Å². The summed E-state index contributed by atoms with van der Waals surface area (Å²) in [4.78, 5) is 0. The zero-order valence-corrected chi connectivity index (χ0v) is 6.68. The molecule has 1 rings (SSSR count). The van der Waals surface area contributed by atoms with Crippen molar-refractivity contribution in [1.82, 2.24) is 0 Å². The number of ether oxygens (including phenoxy) is 1. The Labute approximate surface area is 62.7 Å². The van der Waals surface area contributed by atoms with Gasteiger partial charge in [-0.15, -0.1) is 0 Å². The molecule has 2 heteroatoms. The van der Waals surface area contributed by atoms with Crippen molar-refractivity contribution < 1.29 is 4.74 Å². The van der Waals surface area contributed by atoms with Crippen LogP contribution in [0.25, 0.3) is 0 Å². The molecule has 60 valence electrons. The fourth-order valence-corrected chi connectivity index (χ4v) is 1.75. The molecule has 0 bridgehead atoms. The first-order valence-electron chi connectivity index (χ1n) is 4.11. The van der Waals surface area contributed by atoms with Crippen LogP contribution >= 0.6 is 0 Å². The second-order valence-corrected chi connectivity index (χ2v) is 3.05. The van der Waals surface area contributed by atoms with E-state index in [1.54, 1.807) is 7.11 Å². The van der Waals surface area contributed by atoms with E-state index >= 15 is 0 Å². The fourth-order valence-electron chi connectivity index (χ4n) is 1.75. The molecule has 2 nitrogen and oxygen atoms in total. The van der Waals surface area contributed by atoms with Gasteiger partial charge in [0.15, 0.2) is 0 Å². The first-order valence-corrected chi connectivity index (χ1v) is 4.11. The Balaban J connectivity index is 2.34. The average Bonchev–Trinajstić information content (AvgIpc) is 2.04. The van der Waals surface area contributed by atoms with Gasteiger partial charge in [-0.05, 0) is 25.3 Å². The lowest BCUT2D eigenvalue weighted by Crippen LogP contribution is -2.32. The van der Waals surface area contributed by atoms with Gasteiger partial charge in [-0.2, -0.15) is 0 Å². The zero-order valence-electron chi connectivity index (χ0n) is 6.68. The molecule has 0 unspecified atom stereocenters. The van der Waals surface area contributed by atoms with Gasteiger partial charge in [0.2, 0.25) is 0 Å². The highest BCUT2D eigenvalue weighted by Gasteiger charge is 2.22. The van der Waals surface area contributed by atoms with Gasteiger partial charge in [-0.3, -0.25) is 0 Å². The van der Waals surface area contributed by atoms with Crippen LogP contribution in [0, 0.1) is 5.92 Å². The number of hydrogen-bond donors (Lipinski definition) is 1. The molecule has 0 aliphatic heterocycles. The van der Waals surface area contributed by atoms with Crippen LogP contribution in [-0.4, -0.2) is 19.8 Å². The quantitative estimate of drug-likeness (QED) is 0.629. The Morgan fingerprint density at radius 2 is 2.10 bits per heavy atom. The van der Waals surface area contributed by atoms with Crippen LogP contribution in [0.15, 0.2) is 0 Å². The molecule has 0 radical (unpaired) electrons. The van der Waals surface area contributed by atoms with Gasteiger partial charge in [0.05, 0.1) is 6.10 Å². The lowest BCUT2D eigenvalue weighted by atomic mass is 9.86. The van der Waals surface area contributed by atoms with E-state index in [4.69, 9.17) is 10.5 Å². The van der Waals surface area contributed by atoms with Crippen molar-refractivity contribution in [3.63, 3.8) is 0 Å². The summed E-state index contributed by atoms with van der Waals surface area (Å²) >= 11 is 0. The molecule has 1 saturated carbocycles. The molecule has 0 aromatic heterocycles. The first kappa shape index (κ1) is 8.02. The minimum atomic E-state index is 0.443. The maximum Gasteiger partial charge on any atom is 0.0611 e. The molecule has 10 heavy (non-hydrogen) atoms. The van der Waals surface area contributed by atoms with Crippen LogP contribution in [0.4, 0.5) is 0 Å². The average molecular weight is 143 g/mol. The van der Waals surface area contributed by atoms with Crippen molar-refractivity contribution in [1.29, 1.82) is 0 Å². The van der Waals surface area contributed by atoms with Crippen LogP contribution in [0.2, 0.25) is 0 Å². The molecule has 1 fully saturated rings. The molecule has 0 aromatic rings. The molecule has 0 saturated heterocycles. The van der Waals surface area contributed by atoms with Gasteiger partial charge in [0, 0.05) is 7.11 Å². The van der Waals surface area contributed by atoms with E-state index < -0.39 is 0 Å². The predicted molar refractivity (Wildman–Crippen MR) is 41.8 cm³/mol. The molecule has 1 aliphatic carbocycles. The van der Waals surface area contributed by atoms with Crippen molar-refractivity contribution in [3.8, 4) is 0 Å². The van der Waals surface area contributed by atoms with E-state index in [1.807, 2.05) is 0 Å². The highest BCUT2D eigenvalue weighted by molar-refractivity contribution is 4.75. The Kier molecular flexibility index (Phi) is 3.16. The third-order valence-electron chi connectivity index (χ3n) is 2.44. The normalized spacial score (nSPS) is 34.2. The number of hydrogen-bond acceptors (Lipinski definition) is 2. The van der Waals surface area contributed by atoms with Gasteiger partial charge in [-0.25, -0.2) is 0 Å². The van der Waals surface area contributed by atoms with Gasteiger partial charge >= 0.3 is 0 Å². The van der Waals surface area contributed by atoms with Crippen LogP contribution in [0.3, 0.4) is 0 Å². The van der Waals surface area contributed by atoms with E-state index in [2.05, 4.69) is 0 Å². The summed E-state index contributed by atoms with van der Waals surface area (Å²) in [5.41, 5.74) is 5.59. The summed E-state index contributed by atoms with van der Waals surface area (Å²) in [6.45, 7) is 0.790. The molecule has 0 spiro atoms. The first-order chi connectivity index (χ1) is 4.88. The zero-order chi connectivity index (χ0) is 7.40. The molecule has 2 N–H and O–H groups in total.